The van der Waals surface area contributed by atoms with Crippen molar-refractivity contribution in [3.05, 3.63) is 28.1 Å². The molecular formula is C13H20N4O3. The van der Waals surface area contributed by atoms with Crippen LogP contribution in [0.4, 0.5) is 5.69 Å². The lowest BCUT2D eigenvalue weighted by atomic mass is 10.2. The summed E-state index contributed by atoms with van der Waals surface area (Å²) >= 11 is 0. The van der Waals surface area contributed by atoms with E-state index in [2.05, 4.69) is 5.32 Å². The molecule has 1 saturated heterocycles. The van der Waals surface area contributed by atoms with Crippen LogP contribution in [0.25, 0.3) is 0 Å². The van der Waals surface area contributed by atoms with Gasteiger partial charge in [0.05, 0.1) is 11.1 Å². The topological polar surface area (TPSA) is 80.4 Å². The second-order valence-electron chi connectivity index (χ2n) is 5.09. The van der Waals surface area contributed by atoms with Gasteiger partial charge in [-0.15, -0.1) is 0 Å². The molecule has 0 aromatic carbocycles. The van der Waals surface area contributed by atoms with Crippen LogP contribution in [-0.4, -0.2) is 46.0 Å². The predicted octanol–water partition coefficient (Wildman–Crippen LogP) is 1.15. The second kappa shape index (κ2) is 6.04. The molecule has 20 heavy (non-hydrogen) atoms. The van der Waals surface area contributed by atoms with E-state index in [0.717, 1.165) is 19.4 Å². The molecule has 1 amide bonds. The molecule has 1 aliphatic heterocycles. The smallest absolute Gasteiger partial charge is 0.287 e. The molecule has 0 spiro atoms. The standard InChI is InChI=1S/C13H20N4O3/c1-3-16(8-10-5-4-6-14-10)13(18)12-7-11(17(19)20)9-15(12)2/h7,9-10,14H,3-6,8H2,1-2H3. The quantitative estimate of drug-likeness (QED) is 0.648. The van der Waals surface area contributed by atoms with Gasteiger partial charge in [0.1, 0.15) is 5.69 Å². The molecule has 110 valence electrons. The number of carbonyl (C=O) groups excluding carboxylic acids is 1. The Labute approximate surface area is 117 Å². The Morgan fingerprint density at radius 3 is 2.90 bits per heavy atom. The van der Waals surface area contributed by atoms with Crippen LogP contribution in [0.1, 0.15) is 30.3 Å². The van der Waals surface area contributed by atoms with Crippen molar-refractivity contribution in [2.24, 2.45) is 7.05 Å². The molecule has 1 atom stereocenters. The van der Waals surface area contributed by atoms with Crippen LogP contribution >= 0.6 is 0 Å². The van der Waals surface area contributed by atoms with Crippen LogP contribution in [0, 0.1) is 10.1 Å². The first-order valence-corrected chi connectivity index (χ1v) is 6.86. The average molecular weight is 280 g/mol. The Bertz CT molecular complexity index is 506. The third-order valence-corrected chi connectivity index (χ3v) is 3.69. The van der Waals surface area contributed by atoms with E-state index in [1.807, 2.05) is 6.92 Å². The highest BCUT2D eigenvalue weighted by molar-refractivity contribution is 5.93. The molecular weight excluding hydrogens is 260 g/mol. The summed E-state index contributed by atoms with van der Waals surface area (Å²) in [6, 6.07) is 1.67. The molecule has 0 saturated carbocycles. The number of aromatic nitrogens is 1. The van der Waals surface area contributed by atoms with Crippen molar-refractivity contribution >= 4 is 11.6 Å². The molecule has 1 unspecified atom stereocenters. The zero-order valence-electron chi connectivity index (χ0n) is 11.8. The van der Waals surface area contributed by atoms with Gasteiger partial charge >= 0.3 is 0 Å². The lowest BCUT2D eigenvalue weighted by molar-refractivity contribution is -0.384. The number of carbonyl (C=O) groups is 1. The number of nitrogens with one attached hydrogen (secondary N) is 1. The van der Waals surface area contributed by atoms with Gasteiger partial charge in [-0.1, -0.05) is 0 Å². The van der Waals surface area contributed by atoms with E-state index in [4.69, 9.17) is 0 Å². The van der Waals surface area contributed by atoms with Gasteiger partial charge in [-0.25, -0.2) is 0 Å². The molecule has 0 radical (unpaired) electrons. The summed E-state index contributed by atoms with van der Waals surface area (Å²) in [6.45, 7) is 4.15. The van der Waals surface area contributed by atoms with Crippen molar-refractivity contribution in [1.29, 1.82) is 0 Å². The van der Waals surface area contributed by atoms with Crippen LogP contribution in [0.3, 0.4) is 0 Å². The summed E-state index contributed by atoms with van der Waals surface area (Å²) in [5.74, 6) is -0.156. The number of amides is 1. The van der Waals surface area contributed by atoms with Gasteiger partial charge in [-0.2, -0.15) is 0 Å². The van der Waals surface area contributed by atoms with Gasteiger partial charge in [0.2, 0.25) is 0 Å². The number of aryl methyl sites for hydroxylation is 1. The van der Waals surface area contributed by atoms with Gasteiger partial charge < -0.3 is 14.8 Å². The summed E-state index contributed by atoms with van der Waals surface area (Å²) in [4.78, 5) is 24.5. The zero-order chi connectivity index (χ0) is 14.7. The van der Waals surface area contributed by atoms with Crippen molar-refractivity contribution in [2.75, 3.05) is 19.6 Å². The Morgan fingerprint density at radius 2 is 2.40 bits per heavy atom. The highest BCUT2D eigenvalue weighted by Gasteiger charge is 2.24. The first-order chi connectivity index (χ1) is 9.52. The van der Waals surface area contributed by atoms with E-state index in [9.17, 15) is 14.9 Å². The van der Waals surface area contributed by atoms with E-state index in [-0.39, 0.29) is 11.6 Å². The monoisotopic (exact) mass is 280 g/mol. The van der Waals surface area contributed by atoms with Crippen LogP contribution in [0.15, 0.2) is 12.3 Å². The first-order valence-electron chi connectivity index (χ1n) is 6.86. The van der Waals surface area contributed by atoms with E-state index in [1.54, 1.807) is 11.9 Å². The summed E-state index contributed by atoms with van der Waals surface area (Å²) in [5, 5.41) is 14.1. The van der Waals surface area contributed by atoms with Crippen molar-refractivity contribution in [2.45, 2.75) is 25.8 Å². The number of nitro groups is 1. The number of nitrogens with zero attached hydrogens (tertiary/aromatic N) is 3. The molecule has 1 aromatic rings. The first kappa shape index (κ1) is 14.5. The van der Waals surface area contributed by atoms with Gasteiger partial charge in [-0.3, -0.25) is 14.9 Å². The molecule has 1 aliphatic rings. The molecule has 2 heterocycles. The SMILES string of the molecule is CCN(CC1CCCN1)C(=O)c1cc([N+](=O)[O-])cn1C. The Hall–Kier alpha value is -1.89. The fraction of sp³-hybridized carbons (Fsp3) is 0.615. The summed E-state index contributed by atoms with van der Waals surface area (Å²) in [5.41, 5.74) is 0.308. The average Bonchev–Trinajstić information content (AvgIpc) is 3.04. The Balaban J connectivity index is 2.12. The van der Waals surface area contributed by atoms with Crippen molar-refractivity contribution in [1.82, 2.24) is 14.8 Å². The second-order valence-corrected chi connectivity index (χ2v) is 5.09. The van der Waals surface area contributed by atoms with E-state index < -0.39 is 4.92 Å². The summed E-state index contributed by atoms with van der Waals surface area (Å²) < 4.78 is 1.52. The maximum atomic E-state index is 12.5. The summed E-state index contributed by atoms with van der Waals surface area (Å²) in [7, 11) is 1.65. The minimum Gasteiger partial charge on any atom is -0.340 e. The zero-order valence-corrected chi connectivity index (χ0v) is 11.8. The van der Waals surface area contributed by atoms with Gasteiger partial charge in [0, 0.05) is 32.2 Å². The fourth-order valence-electron chi connectivity index (χ4n) is 2.56. The number of hydrogen-bond donors (Lipinski definition) is 1. The molecule has 2 rings (SSSR count). The Kier molecular flexibility index (Phi) is 4.39. The van der Waals surface area contributed by atoms with Gasteiger partial charge in [0.15, 0.2) is 0 Å². The minimum absolute atomic E-state index is 0.0501. The van der Waals surface area contributed by atoms with E-state index >= 15 is 0 Å². The number of likely N-dealkylation sites (N-methyl/N-ethyl adjacent to an activating group) is 1. The lowest BCUT2D eigenvalue weighted by Gasteiger charge is -2.24. The molecule has 7 nitrogen and oxygen atoms in total. The fourth-order valence-corrected chi connectivity index (χ4v) is 2.56. The highest BCUT2D eigenvalue weighted by Crippen LogP contribution is 2.17. The minimum atomic E-state index is -0.481. The number of rotatable bonds is 5. The van der Waals surface area contributed by atoms with Crippen molar-refractivity contribution in [3.8, 4) is 0 Å². The third-order valence-electron chi connectivity index (χ3n) is 3.69. The molecule has 1 N–H and O–H groups in total. The van der Waals surface area contributed by atoms with Crippen LogP contribution < -0.4 is 5.32 Å². The highest BCUT2D eigenvalue weighted by atomic mass is 16.6. The van der Waals surface area contributed by atoms with Gasteiger partial charge in [0.25, 0.3) is 11.6 Å². The molecule has 0 aliphatic carbocycles. The normalized spacial score (nSPS) is 18.2. The third kappa shape index (κ3) is 2.98. The van der Waals surface area contributed by atoms with E-state index in [1.165, 1.54) is 16.8 Å². The van der Waals surface area contributed by atoms with Crippen LogP contribution in [-0.2, 0) is 7.05 Å². The Morgan fingerprint density at radius 1 is 1.65 bits per heavy atom. The molecule has 0 bridgehead atoms. The predicted molar refractivity (Wildman–Crippen MR) is 74.7 cm³/mol. The number of hydrogen-bond acceptors (Lipinski definition) is 4. The summed E-state index contributed by atoms with van der Waals surface area (Å²) in [6.07, 6.45) is 3.57. The maximum Gasteiger partial charge on any atom is 0.287 e. The van der Waals surface area contributed by atoms with Crippen molar-refractivity contribution < 1.29 is 9.72 Å². The van der Waals surface area contributed by atoms with Gasteiger partial charge in [-0.05, 0) is 26.3 Å². The van der Waals surface area contributed by atoms with Crippen LogP contribution in [0.5, 0.6) is 0 Å². The molecule has 7 heteroatoms. The van der Waals surface area contributed by atoms with Crippen LogP contribution in [0.2, 0.25) is 0 Å². The molecule has 1 fully saturated rings. The maximum absolute atomic E-state index is 12.5. The van der Waals surface area contributed by atoms with E-state index in [0.29, 0.717) is 24.8 Å². The molecule has 1 aromatic heterocycles. The van der Waals surface area contributed by atoms with Crippen molar-refractivity contribution in [3.63, 3.8) is 0 Å². The lowest BCUT2D eigenvalue weighted by Crippen LogP contribution is -2.41. The largest absolute Gasteiger partial charge is 0.340 e.